The summed E-state index contributed by atoms with van der Waals surface area (Å²) in [5.74, 6) is -0.396. The molecule has 1 amide bonds. The van der Waals surface area contributed by atoms with E-state index in [4.69, 9.17) is 4.74 Å². The Bertz CT molecular complexity index is 1380. The van der Waals surface area contributed by atoms with Crippen molar-refractivity contribution >= 4 is 27.5 Å². The second-order valence-electron chi connectivity index (χ2n) is 10.1. The molecule has 1 unspecified atom stereocenters. The Morgan fingerprint density at radius 3 is 2.10 bits per heavy atom. The topological polar surface area (TPSA) is 65.0 Å². The summed E-state index contributed by atoms with van der Waals surface area (Å²) >= 11 is 3.40. The van der Waals surface area contributed by atoms with Crippen LogP contribution in [0.5, 0.6) is 5.75 Å². The highest BCUT2D eigenvalue weighted by Crippen LogP contribution is 2.30. The van der Waals surface area contributed by atoms with Gasteiger partial charge in [0, 0.05) is 42.9 Å². The van der Waals surface area contributed by atoms with Crippen LogP contribution in [0.1, 0.15) is 27.5 Å². The van der Waals surface area contributed by atoms with Gasteiger partial charge in [-0.05, 0) is 53.6 Å². The van der Waals surface area contributed by atoms with Gasteiger partial charge in [-0.2, -0.15) is 0 Å². The molecule has 8 heteroatoms. The number of amides is 1. The Balaban J connectivity index is 1.16. The fourth-order valence-electron chi connectivity index (χ4n) is 5.16. The summed E-state index contributed by atoms with van der Waals surface area (Å²) in [5, 5.41) is 13.6. The van der Waals surface area contributed by atoms with Crippen molar-refractivity contribution in [3.63, 3.8) is 0 Å². The van der Waals surface area contributed by atoms with Gasteiger partial charge in [-0.1, -0.05) is 76.6 Å². The molecular formula is C33H33BrFN3O3. The Hall–Kier alpha value is -3.56. The van der Waals surface area contributed by atoms with Gasteiger partial charge in [0.2, 0.25) is 0 Å². The number of nitrogens with zero attached hydrogens (tertiary/aromatic N) is 2. The van der Waals surface area contributed by atoms with E-state index < -0.39 is 6.10 Å². The molecule has 0 aliphatic carbocycles. The molecule has 6 nitrogen and oxygen atoms in total. The standard InChI is InChI=1S/C33H33BrFN3O3/c34-26-11-16-31(30(21-26)33(40)36-28-14-12-27(35)13-15-28)41-23-29(39)22-37-17-19-38(20-18-37)32(24-7-3-1-4-8-24)25-9-5-2-6-10-25/h1-16,21,29,32,39H,17-20,22-23H2,(H,36,40). The number of aliphatic hydroxyl groups is 1. The number of piperazine rings is 1. The lowest BCUT2D eigenvalue weighted by Gasteiger charge is -2.40. The molecule has 1 fully saturated rings. The van der Waals surface area contributed by atoms with E-state index in [1.165, 1.54) is 35.4 Å². The number of nitrogens with one attached hydrogen (secondary N) is 1. The van der Waals surface area contributed by atoms with Gasteiger partial charge in [0.05, 0.1) is 11.6 Å². The second-order valence-corrected chi connectivity index (χ2v) is 11.0. The van der Waals surface area contributed by atoms with Gasteiger partial charge in [0.25, 0.3) is 5.91 Å². The highest BCUT2D eigenvalue weighted by atomic mass is 79.9. The monoisotopic (exact) mass is 617 g/mol. The maximum absolute atomic E-state index is 13.2. The Morgan fingerprint density at radius 2 is 1.49 bits per heavy atom. The Kier molecular flexibility index (Phi) is 9.80. The number of halogens is 2. The molecule has 2 N–H and O–H groups in total. The zero-order valence-corrected chi connectivity index (χ0v) is 24.2. The number of carbonyl (C=O) groups excluding carboxylic acids is 1. The molecule has 0 radical (unpaired) electrons. The minimum absolute atomic E-state index is 0.0509. The number of aliphatic hydroxyl groups excluding tert-OH is 1. The largest absolute Gasteiger partial charge is 0.490 e. The van der Waals surface area contributed by atoms with Crippen LogP contribution in [0.25, 0.3) is 0 Å². The van der Waals surface area contributed by atoms with Gasteiger partial charge in [0.15, 0.2) is 0 Å². The summed E-state index contributed by atoms with van der Waals surface area (Å²) in [5.41, 5.74) is 3.34. The van der Waals surface area contributed by atoms with Gasteiger partial charge < -0.3 is 15.2 Å². The van der Waals surface area contributed by atoms with Crippen LogP contribution in [0.3, 0.4) is 0 Å². The highest BCUT2D eigenvalue weighted by molar-refractivity contribution is 9.10. The lowest BCUT2D eigenvalue weighted by atomic mass is 9.96. The summed E-state index contributed by atoms with van der Waals surface area (Å²) in [6.07, 6.45) is -0.725. The third-order valence-corrected chi connectivity index (χ3v) is 7.68. The van der Waals surface area contributed by atoms with Crippen molar-refractivity contribution in [1.82, 2.24) is 9.80 Å². The molecule has 1 aliphatic heterocycles. The van der Waals surface area contributed by atoms with E-state index in [9.17, 15) is 14.3 Å². The van der Waals surface area contributed by atoms with Crippen molar-refractivity contribution in [3.05, 3.63) is 130 Å². The second kappa shape index (κ2) is 13.9. The van der Waals surface area contributed by atoms with Crippen molar-refractivity contribution in [2.45, 2.75) is 12.1 Å². The maximum atomic E-state index is 13.2. The summed E-state index contributed by atoms with van der Waals surface area (Å²) in [6.45, 7) is 3.94. The summed E-state index contributed by atoms with van der Waals surface area (Å²) in [6, 6.07) is 32.0. The van der Waals surface area contributed by atoms with Crippen LogP contribution >= 0.6 is 15.9 Å². The van der Waals surface area contributed by atoms with Gasteiger partial charge in [-0.25, -0.2) is 4.39 Å². The number of anilines is 1. The molecular weight excluding hydrogens is 585 g/mol. The van der Waals surface area contributed by atoms with E-state index in [0.29, 0.717) is 23.5 Å². The number of rotatable bonds is 10. The molecule has 0 bridgehead atoms. The first-order valence-corrected chi connectivity index (χ1v) is 14.5. The molecule has 5 rings (SSSR count). The van der Waals surface area contributed by atoms with E-state index in [0.717, 1.165) is 30.7 Å². The molecule has 1 aliphatic rings. The number of carbonyl (C=O) groups is 1. The van der Waals surface area contributed by atoms with Gasteiger partial charge in [-0.15, -0.1) is 0 Å². The van der Waals surface area contributed by atoms with E-state index in [1.54, 1.807) is 18.2 Å². The first-order chi connectivity index (χ1) is 20.0. The van der Waals surface area contributed by atoms with Gasteiger partial charge >= 0.3 is 0 Å². The normalized spacial score (nSPS) is 15.0. The van der Waals surface area contributed by atoms with Crippen LogP contribution in [0, 0.1) is 5.82 Å². The Morgan fingerprint density at radius 1 is 0.878 bits per heavy atom. The van der Waals surface area contributed by atoms with E-state index in [2.05, 4.69) is 79.6 Å². The minimum atomic E-state index is -0.725. The molecule has 1 heterocycles. The smallest absolute Gasteiger partial charge is 0.259 e. The van der Waals surface area contributed by atoms with E-state index >= 15 is 0 Å². The number of hydrogen-bond acceptors (Lipinski definition) is 5. The predicted octanol–water partition coefficient (Wildman–Crippen LogP) is 5.99. The first kappa shape index (κ1) is 29.0. The molecule has 41 heavy (non-hydrogen) atoms. The zero-order valence-electron chi connectivity index (χ0n) is 22.6. The van der Waals surface area contributed by atoms with Crippen molar-refractivity contribution < 1.29 is 19.0 Å². The molecule has 4 aromatic carbocycles. The fourth-order valence-corrected chi connectivity index (χ4v) is 5.52. The average Bonchev–Trinajstić information content (AvgIpc) is 3.00. The number of β-amino-alcohol motifs (C(OH)–C–C–N with tert-alkyl or cyclic N) is 1. The molecule has 0 aromatic heterocycles. The quantitative estimate of drug-likeness (QED) is 0.229. The highest BCUT2D eigenvalue weighted by Gasteiger charge is 2.27. The number of ether oxygens (including phenoxy) is 1. The first-order valence-electron chi connectivity index (χ1n) is 13.7. The zero-order chi connectivity index (χ0) is 28.6. The SMILES string of the molecule is O=C(Nc1ccc(F)cc1)c1cc(Br)ccc1OCC(O)CN1CCN(C(c2ccccc2)c2ccccc2)CC1. The molecule has 1 saturated heterocycles. The lowest BCUT2D eigenvalue weighted by molar-refractivity contribution is 0.0398. The number of benzene rings is 4. The summed E-state index contributed by atoms with van der Waals surface area (Å²) < 4.78 is 19.9. The molecule has 212 valence electrons. The third kappa shape index (κ3) is 7.80. The van der Waals surface area contributed by atoms with Crippen LogP contribution in [0.15, 0.2) is 108 Å². The lowest BCUT2D eigenvalue weighted by Crippen LogP contribution is -2.50. The van der Waals surface area contributed by atoms with Crippen molar-refractivity contribution in [1.29, 1.82) is 0 Å². The van der Waals surface area contributed by atoms with Gasteiger partial charge in [-0.3, -0.25) is 14.6 Å². The molecule has 0 saturated carbocycles. The van der Waals surface area contributed by atoms with Crippen LogP contribution in [0.4, 0.5) is 10.1 Å². The number of hydrogen-bond donors (Lipinski definition) is 2. The van der Waals surface area contributed by atoms with E-state index in [1.807, 2.05) is 12.1 Å². The van der Waals surface area contributed by atoms with Crippen molar-refractivity contribution in [2.75, 3.05) is 44.6 Å². The van der Waals surface area contributed by atoms with Crippen LogP contribution < -0.4 is 10.1 Å². The third-order valence-electron chi connectivity index (χ3n) is 7.19. The fraction of sp³-hybridized carbons (Fsp3) is 0.242. The van der Waals surface area contributed by atoms with Crippen LogP contribution in [-0.4, -0.2) is 66.2 Å². The minimum Gasteiger partial charge on any atom is -0.490 e. The molecule has 4 aromatic rings. The summed E-state index contributed by atoms with van der Waals surface area (Å²) in [7, 11) is 0. The van der Waals surface area contributed by atoms with Crippen molar-refractivity contribution in [2.24, 2.45) is 0 Å². The van der Waals surface area contributed by atoms with Crippen LogP contribution in [-0.2, 0) is 0 Å². The van der Waals surface area contributed by atoms with Crippen LogP contribution in [0.2, 0.25) is 0 Å². The molecule has 1 atom stereocenters. The van der Waals surface area contributed by atoms with Gasteiger partial charge in [0.1, 0.15) is 24.3 Å². The molecule has 0 spiro atoms. The predicted molar refractivity (Wildman–Crippen MR) is 163 cm³/mol. The van der Waals surface area contributed by atoms with Crippen molar-refractivity contribution in [3.8, 4) is 5.75 Å². The maximum Gasteiger partial charge on any atom is 0.259 e. The average molecular weight is 619 g/mol. The summed E-state index contributed by atoms with van der Waals surface area (Å²) in [4.78, 5) is 17.7. The van der Waals surface area contributed by atoms with E-state index in [-0.39, 0.29) is 24.4 Å². The Labute approximate surface area is 248 Å².